The number of nitrogens with one attached hydrogen (secondary N) is 1. The van der Waals surface area contributed by atoms with Crippen molar-refractivity contribution in [3.05, 3.63) is 78.0 Å². The van der Waals surface area contributed by atoms with Crippen molar-refractivity contribution in [3.63, 3.8) is 0 Å². The van der Waals surface area contributed by atoms with Gasteiger partial charge in [-0.15, -0.1) is 0 Å². The number of amides is 1. The standard InChI is InChI=1S/C26H26FN3O/c27-23-11-10-19-12-13-30(17-22-14-20-8-4-5-9-21(20)16-28-22)25(19)24(23)26(31)29-15-18-6-2-1-3-7-18/h4-5,8-14,16,18H,1-3,6-7,15,17H2,(H,29,31). The summed E-state index contributed by atoms with van der Waals surface area (Å²) in [7, 11) is 0. The summed E-state index contributed by atoms with van der Waals surface area (Å²) in [6, 6.07) is 15.2. The lowest BCUT2D eigenvalue weighted by Gasteiger charge is -2.22. The third-order valence-corrected chi connectivity index (χ3v) is 6.40. The van der Waals surface area contributed by atoms with Crippen molar-refractivity contribution in [2.24, 2.45) is 5.92 Å². The van der Waals surface area contributed by atoms with Crippen LogP contribution in [0.2, 0.25) is 0 Å². The smallest absolute Gasteiger partial charge is 0.256 e. The number of hydrogen-bond donors (Lipinski definition) is 1. The van der Waals surface area contributed by atoms with Gasteiger partial charge in [-0.3, -0.25) is 9.78 Å². The van der Waals surface area contributed by atoms with Gasteiger partial charge in [-0.1, -0.05) is 43.5 Å². The molecule has 0 aliphatic heterocycles. The molecular weight excluding hydrogens is 389 g/mol. The number of nitrogens with zero attached hydrogens (tertiary/aromatic N) is 2. The molecule has 0 radical (unpaired) electrons. The molecule has 2 aromatic carbocycles. The SMILES string of the molecule is O=C(NCC1CCCCC1)c1c(F)ccc2ccn(Cc3cc4ccccc4cn3)c12. The van der Waals surface area contributed by atoms with Gasteiger partial charge in [0.15, 0.2) is 0 Å². The molecule has 0 spiro atoms. The van der Waals surface area contributed by atoms with Crippen molar-refractivity contribution >= 4 is 27.6 Å². The largest absolute Gasteiger partial charge is 0.352 e. The summed E-state index contributed by atoms with van der Waals surface area (Å²) in [4.78, 5) is 17.6. The molecule has 158 valence electrons. The lowest BCUT2D eigenvalue weighted by atomic mass is 9.89. The Morgan fingerprint density at radius 2 is 1.84 bits per heavy atom. The molecule has 0 bridgehead atoms. The minimum absolute atomic E-state index is 0.124. The van der Waals surface area contributed by atoms with E-state index in [2.05, 4.69) is 16.4 Å². The first-order valence-corrected chi connectivity index (χ1v) is 11.1. The Labute approximate surface area is 181 Å². The molecule has 5 rings (SSSR count). The van der Waals surface area contributed by atoms with Crippen molar-refractivity contribution in [1.29, 1.82) is 0 Å². The fraction of sp³-hybridized carbons (Fsp3) is 0.308. The lowest BCUT2D eigenvalue weighted by molar-refractivity contribution is 0.0941. The molecule has 2 heterocycles. The Kier molecular flexibility index (Phi) is 5.41. The number of pyridine rings is 1. The lowest BCUT2D eigenvalue weighted by Crippen LogP contribution is -2.31. The van der Waals surface area contributed by atoms with E-state index >= 15 is 0 Å². The molecule has 1 amide bonds. The van der Waals surface area contributed by atoms with Crippen LogP contribution in [-0.2, 0) is 6.54 Å². The van der Waals surface area contributed by atoms with Crippen molar-refractivity contribution in [3.8, 4) is 0 Å². The van der Waals surface area contributed by atoms with Crippen LogP contribution in [0.4, 0.5) is 4.39 Å². The van der Waals surface area contributed by atoms with Gasteiger partial charge in [-0.2, -0.15) is 0 Å². The van der Waals surface area contributed by atoms with Gasteiger partial charge in [0.25, 0.3) is 5.91 Å². The number of halogens is 1. The highest BCUT2D eigenvalue weighted by molar-refractivity contribution is 6.06. The minimum Gasteiger partial charge on any atom is -0.352 e. The van der Waals surface area contributed by atoms with Crippen LogP contribution in [-0.4, -0.2) is 22.0 Å². The zero-order chi connectivity index (χ0) is 21.2. The molecule has 1 fully saturated rings. The second-order valence-corrected chi connectivity index (χ2v) is 8.54. The zero-order valence-corrected chi connectivity index (χ0v) is 17.5. The average Bonchev–Trinajstić information content (AvgIpc) is 3.20. The number of aromatic nitrogens is 2. The maximum atomic E-state index is 14.9. The Morgan fingerprint density at radius 3 is 2.68 bits per heavy atom. The second kappa shape index (κ2) is 8.50. The van der Waals surface area contributed by atoms with Gasteiger partial charge in [0.05, 0.1) is 23.3 Å². The van der Waals surface area contributed by atoms with E-state index in [9.17, 15) is 9.18 Å². The molecule has 1 saturated carbocycles. The first-order chi connectivity index (χ1) is 15.2. The van der Waals surface area contributed by atoms with Crippen LogP contribution in [0.3, 0.4) is 0 Å². The van der Waals surface area contributed by atoms with E-state index in [1.165, 1.54) is 25.3 Å². The summed E-state index contributed by atoms with van der Waals surface area (Å²) in [6.07, 6.45) is 9.73. The van der Waals surface area contributed by atoms with Crippen molar-refractivity contribution in [2.45, 2.75) is 38.6 Å². The van der Waals surface area contributed by atoms with Crippen LogP contribution in [0, 0.1) is 11.7 Å². The van der Waals surface area contributed by atoms with Gasteiger partial charge < -0.3 is 9.88 Å². The topological polar surface area (TPSA) is 46.9 Å². The summed E-state index contributed by atoms with van der Waals surface area (Å²) in [5.41, 5.74) is 1.62. The number of benzene rings is 2. The van der Waals surface area contributed by atoms with E-state index in [-0.39, 0.29) is 11.5 Å². The molecule has 1 aliphatic rings. The number of rotatable bonds is 5. The highest BCUT2D eigenvalue weighted by Gasteiger charge is 2.21. The molecule has 0 saturated heterocycles. The maximum Gasteiger partial charge on any atom is 0.256 e. The molecule has 31 heavy (non-hydrogen) atoms. The number of carbonyl (C=O) groups is 1. The maximum absolute atomic E-state index is 14.9. The van der Waals surface area contributed by atoms with E-state index in [4.69, 9.17) is 0 Å². The van der Waals surface area contributed by atoms with Crippen molar-refractivity contribution in [1.82, 2.24) is 14.9 Å². The predicted molar refractivity (Wildman–Crippen MR) is 122 cm³/mol. The van der Waals surface area contributed by atoms with Crippen molar-refractivity contribution in [2.75, 3.05) is 6.54 Å². The van der Waals surface area contributed by atoms with E-state index < -0.39 is 5.82 Å². The molecule has 1 aliphatic carbocycles. The van der Waals surface area contributed by atoms with Gasteiger partial charge in [0, 0.05) is 29.7 Å². The van der Waals surface area contributed by atoms with Gasteiger partial charge >= 0.3 is 0 Å². The Hall–Kier alpha value is -3.21. The molecule has 4 nitrogen and oxygen atoms in total. The first kappa shape index (κ1) is 19.7. The summed E-state index contributed by atoms with van der Waals surface area (Å²) in [6.45, 7) is 1.09. The van der Waals surface area contributed by atoms with Gasteiger partial charge in [-0.25, -0.2) is 4.39 Å². The van der Waals surface area contributed by atoms with Gasteiger partial charge in [0.1, 0.15) is 5.82 Å². The fourth-order valence-electron chi connectivity index (χ4n) is 4.73. The summed E-state index contributed by atoms with van der Waals surface area (Å²) < 4.78 is 16.8. The van der Waals surface area contributed by atoms with Crippen LogP contribution in [0.5, 0.6) is 0 Å². The highest BCUT2D eigenvalue weighted by Crippen LogP contribution is 2.26. The Morgan fingerprint density at radius 1 is 1.03 bits per heavy atom. The van der Waals surface area contributed by atoms with E-state index in [0.717, 1.165) is 34.7 Å². The average molecular weight is 416 g/mol. The number of fused-ring (bicyclic) bond motifs is 2. The molecule has 4 aromatic rings. The van der Waals surface area contributed by atoms with Gasteiger partial charge in [0.2, 0.25) is 0 Å². The normalized spacial score (nSPS) is 14.9. The predicted octanol–water partition coefficient (Wildman–Crippen LogP) is 5.69. The first-order valence-electron chi connectivity index (χ1n) is 11.1. The second-order valence-electron chi connectivity index (χ2n) is 8.54. The van der Waals surface area contributed by atoms with E-state index in [0.29, 0.717) is 24.5 Å². The van der Waals surface area contributed by atoms with Crippen LogP contribution >= 0.6 is 0 Å². The van der Waals surface area contributed by atoms with E-state index in [1.54, 1.807) is 6.07 Å². The third kappa shape index (κ3) is 4.05. The number of carbonyl (C=O) groups excluding carboxylic acids is 1. The molecule has 1 N–H and O–H groups in total. The zero-order valence-electron chi connectivity index (χ0n) is 17.5. The number of hydrogen-bond acceptors (Lipinski definition) is 2. The van der Waals surface area contributed by atoms with Crippen LogP contribution in [0.25, 0.3) is 21.7 Å². The molecule has 0 atom stereocenters. The Balaban J connectivity index is 1.45. The summed E-state index contributed by atoms with van der Waals surface area (Å²) >= 11 is 0. The minimum atomic E-state index is -0.486. The van der Waals surface area contributed by atoms with Gasteiger partial charge in [-0.05, 0) is 48.4 Å². The monoisotopic (exact) mass is 415 g/mol. The van der Waals surface area contributed by atoms with Crippen LogP contribution < -0.4 is 5.32 Å². The third-order valence-electron chi connectivity index (χ3n) is 6.40. The highest BCUT2D eigenvalue weighted by atomic mass is 19.1. The quantitative estimate of drug-likeness (QED) is 0.455. The summed E-state index contributed by atoms with van der Waals surface area (Å²) in [5.74, 6) is -0.325. The van der Waals surface area contributed by atoms with Crippen LogP contribution in [0.15, 0.2) is 60.9 Å². The molecule has 5 heteroatoms. The Bertz CT molecular complexity index is 1240. The van der Waals surface area contributed by atoms with E-state index in [1.807, 2.05) is 47.3 Å². The molecule has 2 aromatic heterocycles. The molecule has 0 unspecified atom stereocenters. The summed E-state index contributed by atoms with van der Waals surface area (Å²) in [5, 5.41) is 6.04. The fourth-order valence-corrected chi connectivity index (χ4v) is 4.73. The van der Waals surface area contributed by atoms with Crippen molar-refractivity contribution < 1.29 is 9.18 Å². The molecular formula is C26H26FN3O. The van der Waals surface area contributed by atoms with Crippen LogP contribution in [0.1, 0.15) is 48.2 Å².